The summed E-state index contributed by atoms with van der Waals surface area (Å²) in [6.45, 7) is 4.71. The molecule has 0 saturated carbocycles. The van der Waals surface area contributed by atoms with Crippen molar-refractivity contribution in [2.75, 3.05) is 13.1 Å². The van der Waals surface area contributed by atoms with Crippen LogP contribution in [0.3, 0.4) is 0 Å². The summed E-state index contributed by atoms with van der Waals surface area (Å²) < 4.78 is 0. The molecule has 0 bridgehead atoms. The molecule has 0 aliphatic carbocycles. The van der Waals surface area contributed by atoms with Crippen LogP contribution < -0.4 is 0 Å². The number of nitrogens with zero attached hydrogens (tertiary/aromatic N) is 1. The third-order valence-electron chi connectivity index (χ3n) is 3.93. The number of amides is 1. The molecule has 5 heteroatoms. The lowest BCUT2D eigenvalue weighted by Gasteiger charge is -2.35. The van der Waals surface area contributed by atoms with Crippen molar-refractivity contribution >= 4 is 23.5 Å². The Hall–Kier alpha value is -1.55. The quantitative estimate of drug-likeness (QED) is 0.913. The van der Waals surface area contributed by atoms with Crippen molar-refractivity contribution in [3.05, 3.63) is 34.3 Å². The van der Waals surface area contributed by atoms with Crippen molar-refractivity contribution in [3.8, 4) is 0 Å². The lowest BCUT2D eigenvalue weighted by atomic mass is 9.87. The molecular weight excluding hydrogens is 278 g/mol. The minimum atomic E-state index is -0.775. The van der Waals surface area contributed by atoms with Gasteiger partial charge < -0.3 is 10.0 Å². The van der Waals surface area contributed by atoms with Gasteiger partial charge in [-0.05, 0) is 37.0 Å². The van der Waals surface area contributed by atoms with E-state index < -0.39 is 5.97 Å². The minimum Gasteiger partial charge on any atom is -0.481 e. The van der Waals surface area contributed by atoms with E-state index in [-0.39, 0.29) is 17.7 Å². The summed E-state index contributed by atoms with van der Waals surface area (Å²) in [6, 6.07) is 5.26. The number of carboxylic acids is 1. The van der Waals surface area contributed by atoms with Gasteiger partial charge in [0.25, 0.3) is 5.91 Å². The summed E-state index contributed by atoms with van der Waals surface area (Å²) in [5.41, 5.74) is 1.49. The van der Waals surface area contributed by atoms with Crippen molar-refractivity contribution in [1.29, 1.82) is 0 Å². The number of carbonyl (C=O) groups excluding carboxylic acids is 1. The van der Waals surface area contributed by atoms with E-state index in [1.165, 1.54) is 0 Å². The van der Waals surface area contributed by atoms with Gasteiger partial charge in [0.2, 0.25) is 0 Å². The predicted octanol–water partition coefficient (Wildman–Crippen LogP) is 2.83. The Kier molecular flexibility index (Phi) is 4.33. The Labute approximate surface area is 123 Å². The molecule has 1 aromatic rings. The average Bonchev–Trinajstić information content (AvgIpc) is 2.40. The van der Waals surface area contributed by atoms with Gasteiger partial charge in [-0.3, -0.25) is 9.59 Å². The summed E-state index contributed by atoms with van der Waals surface area (Å²) in [5, 5.41) is 9.67. The van der Waals surface area contributed by atoms with Crippen molar-refractivity contribution in [2.45, 2.75) is 20.3 Å². The van der Waals surface area contributed by atoms with E-state index in [4.69, 9.17) is 16.7 Å². The standard InChI is InChI=1S/C15H18ClNO3/c1-9-3-4-11(7-13(9)16)14(18)17-6-5-12(15(19)20)10(2)8-17/h3-4,7,10,12H,5-6,8H2,1-2H3,(H,19,20). The van der Waals surface area contributed by atoms with Gasteiger partial charge in [-0.1, -0.05) is 24.6 Å². The second-order valence-corrected chi connectivity index (χ2v) is 5.83. The van der Waals surface area contributed by atoms with E-state index in [2.05, 4.69) is 0 Å². The number of benzene rings is 1. The number of rotatable bonds is 2. The van der Waals surface area contributed by atoms with Crippen molar-refractivity contribution in [3.63, 3.8) is 0 Å². The summed E-state index contributed by atoms with van der Waals surface area (Å²) >= 11 is 6.04. The summed E-state index contributed by atoms with van der Waals surface area (Å²) in [6.07, 6.45) is 0.502. The molecule has 2 rings (SSSR count). The van der Waals surface area contributed by atoms with Crippen molar-refractivity contribution in [2.24, 2.45) is 11.8 Å². The molecule has 20 heavy (non-hydrogen) atoms. The van der Waals surface area contributed by atoms with Gasteiger partial charge in [0.15, 0.2) is 0 Å². The van der Waals surface area contributed by atoms with E-state index >= 15 is 0 Å². The van der Waals surface area contributed by atoms with Crippen molar-refractivity contribution in [1.82, 2.24) is 4.90 Å². The monoisotopic (exact) mass is 295 g/mol. The van der Waals surface area contributed by atoms with Gasteiger partial charge in [0.1, 0.15) is 0 Å². The molecule has 1 aromatic carbocycles. The minimum absolute atomic E-state index is 0.0360. The largest absolute Gasteiger partial charge is 0.481 e. The number of hydrogen-bond donors (Lipinski definition) is 1. The zero-order valence-electron chi connectivity index (χ0n) is 11.6. The summed E-state index contributed by atoms with van der Waals surface area (Å²) in [7, 11) is 0. The highest BCUT2D eigenvalue weighted by molar-refractivity contribution is 6.31. The van der Waals surface area contributed by atoms with Crippen molar-refractivity contribution < 1.29 is 14.7 Å². The van der Waals surface area contributed by atoms with Gasteiger partial charge in [-0.2, -0.15) is 0 Å². The highest BCUT2D eigenvalue weighted by Gasteiger charge is 2.33. The van der Waals surface area contributed by atoms with Crippen LogP contribution in [0.25, 0.3) is 0 Å². The lowest BCUT2D eigenvalue weighted by molar-refractivity contribution is -0.145. The number of halogens is 1. The number of carboxylic acid groups (broad SMARTS) is 1. The Balaban J connectivity index is 2.11. The van der Waals surface area contributed by atoms with Crippen LogP contribution >= 0.6 is 11.6 Å². The number of aliphatic carboxylic acids is 1. The SMILES string of the molecule is Cc1ccc(C(=O)N2CCC(C(=O)O)C(C)C2)cc1Cl. The number of hydrogen-bond acceptors (Lipinski definition) is 2. The number of aryl methyl sites for hydroxylation is 1. The zero-order chi connectivity index (χ0) is 14.9. The fraction of sp³-hybridized carbons (Fsp3) is 0.467. The Morgan fingerprint density at radius 1 is 1.40 bits per heavy atom. The first-order valence-corrected chi connectivity index (χ1v) is 7.06. The topological polar surface area (TPSA) is 57.6 Å². The maximum absolute atomic E-state index is 12.4. The van der Waals surface area contributed by atoms with Crippen LogP contribution in [0.2, 0.25) is 5.02 Å². The van der Waals surface area contributed by atoms with E-state index in [9.17, 15) is 9.59 Å². The van der Waals surface area contributed by atoms with Crippen LogP contribution in [0.4, 0.5) is 0 Å². The van der Waals surface area contributed by atoms with E-state index in [0.29, 0.717) is 30.1 Å². The fourth-order valence-corrected chi connectivity index (χ4v) is 2.79. The van der Waals surface area contributed by atoms with Crippen LogP contribution in [-0.2, 0) is 4.79 Å². The predicted molar refractivity (Wildman–Crippen MR) is 77.0 cm³/mol. The molecule has 1 saturated heterocycles. The zero-order valence-corrected chi connectivity index (χ0v) is 12.4. The normalized spacial score (nSPS) is 22.6. The summed E-state index contributed by atoms with van der Waals surface area (Å²) in [5.74, 6) is -1.25. The molecule has 1 aliphatic rings. The third kappa shape index (κ3) is 2.96. The van der Waals surface area contributed by atoms with Crippen LogP contribution in [0.1, 0.15) is 29.3 Å². The van der Waals surface area contributed by atoms with Crippen LogP contribution in [-0.4, -0.2) is 35.0 Å². The Bertz CT molecular complexity index is 544. The molecule has 1 amide bonds. The smallest absolute Gasteiger partial charge is 0.306 e. The molecule has 0 spiro atoms. The third-order valence-corrected chi connectivity index (χ3v) is 4.34. The molecule has 2 unspecified atom stereocenters. The first-order chi connectivity index (χ1) is 9.40. The van der Waals surface area contributed by atoms with E-state index in [0.717, 1.165) is 5.56 Å². The number of piperidine rings is 1. The molecule has 1 heterocycles. The summed E-state index contributed by atoms with van der Waals surface area (Å²) in [4.78, 5) is 25.2. The average molecular weight is 296 g/mol. The molecule has 0 aromatic heterocycles. The molecule has 1 aliphatic heterocycles. The van der Waals surface area contributed by atoms with Gasteiger partial charge >= 0.3 is 5.97 Å². The van der Waals surface area contributed by atoms with E-state index in [1.54, 1.807) is 17.0 Å². The van der Waals surface area contributed by atoms with Gasteiger partial charge in [-0.15, -0.1) is 0 Å². The molecule has 4 nitrogen and oxygen atoms in total. The van der Waals surface area contributed by atoms with Crippen LogP contribution in [0.15, 0.2) is 18.2 Å². The van der Waals surface area contributed by atoms with Crippen LogP contribution in [0.5, 0.6) is 0 Å². The van der Waals surface area contributed by atoms with Gasteiger partial charge in [0, 0.05) is 23.7 Å². The fourth-order valence-electron chi connectivity index (χ4n) is 2.61. The molecule has 0 radical (unpaired) electrons. The molecule has 1 N–H and O–H groups in total. The second kappa shape index (κ2) is 5.83. The first kappa shape index (κ1) is 14.9. The number of likely N-dealkylation sites (tertiary alicyclic amines) is 1. The molecule has 1 fully saturated rings. The number of carbonyl (C=O) groups is 2. The van der Waals surface area contributed by atoms with Gasteiger partial charge in [-0.25, -0.2) is 0 Å². The molecular formula is C15H18ClNO3. The van der Waals surface area contributed by atoms with E-state index in [1.807, 2.05) is 19.9 Å². The van der Waals surface area contributed by atoms with Crippen LogP contribution in [0, 0.1) is 18.8 Å². The molecule has 108 valence electrons. The first-order valence-electron chi connectivity index (χ1n) is 6.68. The highest BCUT2D eigenvalue weighted by Crippen LogP contribution is 2.25. The molecule has 2 atom stereocenters. The maximum atomic E-state index is 12.4. The lowest BCUT2D eigenvalue weighted by Crippen LogP contribution is -2.45. The highest BCUT2D eigenvalue weighted by atomic mass is 35.5. The maximum Gasteiger partial charge on any atom is 0.306 e. The van der Waals surface area contributed by atoms with Gasteiger partial charge in [0.05, 0.1) is 5.92 Å². The Morgan fingerprint density at radius 3 is 2.65 bits per heavy atom. The Morgan fingerprint density at radius 2 is 2.10 bits per heavy atom. The second-order valence-electron chi connectivity index (χ2n) is 5.43.